The van der Waals surface area contributed by atoms with Crippen LogP contribution in [0.3, 0.4) is 0 Å². The van der Waals surface area contributed by atoms with E-state index in [1.54, 1.807) is 0 Å². The number of likely N-dealkylation sites (tertiary alicyclic amines) is 1. The zero-order chi connectivity index (χ0) is 18.0. The van der Waals surface area contributed by atoms with Crippen LogP contribution < -0.4 is 0 Å². The maximum atomic E-state index is 13.2. The first-order valence-electron chi connectivity index (χ1n) is 8.79. The Morgan fingerprint density at radius 1 is 1.24 bits per heavy atom. The van der Waals surface area contributed by atoms with Gasteiger partial charge in [-0.2, -0.15) is 0 Å². The Balaban J connectivity index is 1.95. The van der Waals surface area contributed by atoms with Gasteiger partial charge in [0, 0.05) is 12.6 Å². The van der Waals surface area contributed by atoms with E-state index in [0.717, 1.165) is 18.4 Å². The van der Waals surface area contributed by atoms with Crippen LogP contribution in [0.5, 0.6) is 0 Å². The molecule has 2 fully saturated rings. The lowest BCUT2D eigenvalue weighted by molar-refractivity contribution is -0.202. The number of hydrogen-bond donors (Lipinski definition) is 0. The zero-order valence-corrected chi connectivity index (χ0v) is 15.1. The van der Waals surface area contributed by atoms with Crippen molar-refractivity contribution in [2.45, 2.75) is 37.8 Å². The van der Waals surface area contributed by atoms with Crippen molar-refractivity contribution in [1.82, 2.24) is 9.96 Å². The van der Waals surface area contributed by atoms with Gasteiger partial charge >= 0.3 is 5.97 Å². The van der Waals surface area contributed by atoms with Gasteiger partial charge in [0.2, 0.25) is 0 Å². The Hall–Kier alpha value is -1.92. The predicted molar refractivity (Wildman–Crippen MR) is 92.4 cm³/mol. The first-order chi connectivity index (χ1) is 12.0. The van der Waals surface area contributed by atoms with E-state index in [1.165, 1.54) is 12.2 Å². The summed E-state index contributed by atoms with van der Waals surface area (Å²) < 4.78 is 5.03. The fourth-order valence-electron chi connectivity index (χ4n) is 3.99. The molecular formula is C19H26N2O4. The van der Waals surface area contributed by atoms with Crippen molar-refractivity contribution < 1.29 is 19.2 Å². The quantitative estimate of drug-likeness (QED) is 0.785. The highest BCUT2D eigenvalue weighted by Gasteiger charge is 2.55. The molecule has 0 aromatic heterocycles. The normalized spacial score (nSPS) is 30.3. The lowest BCUT2D eigenvalue weighted by Crippen LogP contribution is -2.47. The Morgan fingerprint density at radius 3 is 2.56 bits per heavy atom. The van der Waals surface area contributed by atoms with Crippen LogP contribution in [0.2, 0.25) is 0 Å². The van der Waals surface area contributed by atoms with E-state index in [4.69, 9.17) is 9.57 Å². The van der Waals surface area contributed by atoms with Gasteiger partial charge in [-0.15, -0.1) is 0 Å². The van der Waals surface area contributed by atoms with Gasteiger partial charge in [0.15, 0.2) is 0 Å². The molecule has 0 unspecified atom stereocenters. The van der Waals surface area contributed by atoms with Crippen molar-refractivity contribution in [3.8, 4) is 0 Å². The van der Waals surface area contributed by atoms with Gasteiger partial charge in [-0.3, -0.25) is 19.3 Å². The number of hydrogen-bond acceptors (Lipinski definition) is 5. The monoisotopic (exact) mass is 346 g/mol. The molecule has 0 spiro atoms. The summed E-state index contributed by atoms with van der Waals surface area (Å²) in [6, 6.07) is 9.67. The second-order valence-corrected chi connectivity index (χ2v) is 7.02. The highest BCUT2D eigenvalue weighted by Crippen LogP contribution is 2.47. The highest BCUT2D eigenvalue weighted by atomic mass is 16.7. The summed E-state index contributed by atoms with van der Waals surface area (Å²) >= 11 is 0. The number of rotatable bonds is 3. The summed E-state index contributed by atoms with van der Waals surface area (Å²) in [6.07, 6.45) is 2.32. The van der Waals surface area contributed by atoms with Crippen LogP contribution in [0, 0.1) is 5.92 Å². The van der Waals surface area contributed by atoms with Gasteiger partial charge in [0.05, 0.1) is 19.6 Å². The molecule has 2 heterocycles. The average molecular weight is 346 g/mol. The van der Waals surface area contributed by atoms with Crippen molar-refractivity contribution >= 4 is 11.9 Å². The van der Waals surface area contributed by atoms with Gasteiger partial charge in [0.1, 0.15) is 5.54 Å². The maximum Gasteiger partial charge on any atom is 0.326 e. The number of esters is 1. The number of methoxy groups -OCH3 is 1. The van der Waals surface area contributed by atoms with Crippen molar-refractivity contribution in [2.75, 3.05) is 27.3 Å². The summed E-state index contributed by atoms with van der Waals surface area (Å²) in [6.45, 7) is 3.02. The predicted octanol–water partition coefficient (Wildman–Crippen LogP) is 2.17. The molecule has 0 bridgehead atoms. The number of carbonyl (C=O) groups is 2. The highest BCUT2D eigenvalue weighted by molar-refractivity contribution is 5.85. The van der Waals surface area contributed by atoms with Gasteiger partial charge in [-0.25, -0.2) is 5.06 Å². The third kappa shape index (κ3) is 3.16. The molecule has 0 N–H and O–H groups in total. The van der Waals surface area contributed by atoms with Crippen LogP contribution in [0.4, 0.5) is 0 Å². The molecule has 2 aliphatic rings. The van der Waals surface area contributed by atoms with Crippen molar-refractivity contribution in [3.05, 3.63) is 35.9 Å². The number of amides is 1. The Kier molecular flexibility index (Phi) is 5.11. The number of benzene rings is 1. The molecule has 3 rings (SSSR count). The summed E-state index contributed by atoms with van der Waals surface area (Å²) in [5, 5.41) is 1.49. The number of ether oxygens (including phenoxy) is 1. The SMILES string of the molecule is COC(=O)[C@@]1(C)C[C@@H](C(=O)N2CCCCO2)[C@@H](c2ccccc2)N1C. The first kappa shape index (κ1) is 17.9. The van der Waals surface area contributed by atoms with E-state index in [0.29, 0.717) is 19.6 Å². The molecular weight excluding hydrogens is 320 g/mol. The van der Waals surface area contributed by atoms with Crippen molar-refractivity contribution in [1.29, 1.82) is 0 Å². The van der Waals surface area contributed by atoms with E-state index in [9.17, 15) is 9.59 Å². The summed E-state index contributed by atoms with van der Waals surface area (Å²) in [4.78, 5) is 33.1. The van der Waals surface area contributed by atoms with Crippen molar-refractivity contribution in [3.63, 3.8) is 0 Å². The van der Waals surface area contributed by atoms with Crippen LogP contribution in [-0.2, 0) is 19.2 Å². The van der Waals surface area contributed by atoms with E-state index in [-0.39, 0.29) is 23.8 Å². The molecule has 0 aliphatic carbocycles. The van der Waals surface area contributed by atoms with Crippen LogP contribution in [0.25, 0.3) is 0 Å². The minimum Gasteiger partial charge on any atom is -0.468 e. The van der Waals surface area contributed by atoms with E-state index < -0.39 is 5.54 Å². The maximum absolute atomic E-state index is 13.2. The molecule has 25 heavy (non-hydrogen) atoms. The number of nitrogens with zero attached hydrogens (tertiary/aromatic N) is 2. The fraction of sp³-hybridized carbons (Fsp3) is 0.579. The van der Waals surface area contributed by atoms with Crippen LogP contribution in [0.1, 0.15) is 37.8 Å². The van der Waals surface area contributed by atoms with Gasteiger partial charge in [0.25, 0.3) is 5.91 Å². The Labute approximate surface area is 148 Å². The Bertz CT molecular complexity index is 630. The molecule has 0 saturated carbocycles. The van der Waals surface area contributed by atoms with Crippen LogP contribution in [0.15, 0.2) is 30.3 Å². The van der Waals surface area contributed by atoms with Gasteiger partial charge < -0.3 is 4.74 Å². The minimum atomic E-state index is -0.842. The lowest BCUT2D eigenvalue weighted by atomic mass is 9.89. The van der Waals surface area contributed by atoms with E-state index in [1.807, 2.05) is 49.2 Å². The fourth-order valence-corrected chi connectivity index (χ4v) is 3.99. The molecule has 136 valence electrons. The number of likely N-dealkylation sites (N-methyl/N-ethyl adjacent to an activating group) is 1. The third-order valence-electron chi connectivity index (χ3n) is 5.53. The van der Waals surface area contributed by atoms with Crippen molar-refractivity contribution in [2.24, 2.45) is 5.92 Å². The minimum absolute atomic E-state index is 0.0481. The van der Waals surface area contributed by atoms with Gasteiger partial charge in [-0.05, 0) is 38.8 Å². The molecule has 6 heteroatoms. The summed E-state index contributed by atoms with van der Waals surface area (Å²) in [7, 11) is 3.28. The topological polar surface area (TPSA) is 59.1 Å². The van der Waals surface area contributed by atoms with Crippen LogP contribution in [-0.4, -0.2) is 54.7 Å². The van der Waals surface area contributed by atoms with Gasteiger partial charge in [-0.1, -0.05) is 30.3 Å². The van der Waals surface area contributed by atoms with Crippen LogP contribution >= 0.6 is 0 Å². The van der Waals surface area contributed by atoms with E-state index >= 15 is 0 Å². The number of carbonyl (C=O) groups excluding carboxylic acids is 2. The smallest absolute Gasteiger partial charge is 0.326 e. The molecule has 1 aromatic carbocycles. The average Bonchev–Trinajstić information content (AvgIpc) is 2.94. The molecule has 0 radical (unpaired) electrons. The zero-order valence-electron chi connectivity index (χ0n) is 15.1. The molecule has 2 saturated heterocycles. The molecule has 1 amide bonds. The standard InChI is InChI=1S/C19H26N2O4/c1-19(18(23)24-3)13-15(17(22)21-11-7-8-12-25-21)16(20(19)2)14-9-5-4-6-10-14/h4-6,9-10,15-16H,7-8,11-13H2,1-3H3/t15-,16-,19-/m1/s1. The lowest BCUT2D eigenvalue weighted by Gasteiger charge is -2.33. The second-order valence-electron chi connectivity index (χ2n) is 7.02. The first-order valence-corrected chi connectivity index (χ1v) is 8.79. The number of hydroxylamine groups is 2. The third-order valence-corrected chi connectivity index (χ3v) is 5.53. The van der Waals surface area contributed by atoms with E-state index in [2.05, 4.69) is 0 Å². The molecule has 6 nitrogen and oxygen atoms in total. The largest absolute Gasteiger partial charge is 0.468 e. The molecule has 3 atom stereocenters. The molecule has 1 aromatic rings. The summed E-state index contributed by atoms with van der Waals surface area (Å²) in [5.74, 6) is -0.714. The molecule has 2 aliphatic heterocycles. The summed E-state index contributed by atoms with van der Waals surface area (Å²) in [5.41, 5.74) is 0.179. The second kappa shape index (κ2) is 7.14. The Morgan fingerprint density at radius 2 is 1.96 bits per heavy atom.